The van der Waals surface area contributed by atoms with Gasteiger partial charge in [-0.05, 0) is 47.9 Å². The Morgan fingerprint density at radius 3 is 1.52 bits per heavy atom. The number of para-hydroxylation sites is 3. The van der Waals surface area contributed by atoms with Crippen LogP contribution in [0.3, 0.4) is 0 Å². The third-order valence-electron chi connectivity index (χ3n) is 4.71. The van der Waals surface area contributed by atoms with E-state index in [1.54, 1.807) is 23.9 Å². The monoisotopic (exact) mass is 444 g/mol. The van der Waals surface area contributed by atoms with Gasteiger partial charge in [-0.2, -0.15) is 0 Å². The first-order valence-corrected chi connectivity index (χ1v) is 11.3. The fourth-order valence-corrected chi connectivity index (χ4v) is 5.28. The van der Waals surface area contributed by atoms with Gasteiger partial charge in [-0.15, -0.1) is 0 Å². The number of hydrogen-bond acceptors (Lipinski definition) is 6. The molecule has 4 aromatic rings. The van der Waals surface area contributed by atoms with Gasteiger partial charge in [0.25, 0.3) is 0 Å². The molecule has 0 aromatic heterocycles. The lowest BCUT2D eigenvalue weighted by Crippen LogP contribution is -2.32. The number of ether oxygens (including phenoxy) is 2. The summed E-state index contributed by atoms with van der Waals surface area (Å²) in [4.78, 5) is 4.12. The van der Waals surface area contributed by atoms with Crippen LogP contribution in [0, 0.1) is 0 Å². The van der Waals surface area contributed by atoms with Crippen molar-refractivity contribution in [2.24, 2.45) is 0 Å². The average molecular weight is 444 g/mol. The Balaban J connectivity index is 0.000000134. The third kappa shape index (κ3) is 4.18. The normalized spacial score (nSPS) is 12.5. The first kappa shape index (κ1) is 20.1. The lowest BCUT2D eigenvalue weighted by molar-refractivity contribution is 0.421. The van der Waals surface area contributed by atoms with Crippen LogP contribution in [0.1, 0.15) is 0 Å². The molecule has 4 aromatic carbocycles. The summed E-state index contributed by atoms with van der Waals surface area (Å²) in [6.45, 7) is 0. The van der Waals surface area contributed by atoms with Gasteiger partial charge in [0.05, 0.1) is 19.6 Å². The van der Waals surface area contributed by atoms with Gasteiger partial charge >= 0.3 is 7.12 Å². The minimum absolute atomic E-state index is 0.474. The summed E-state index contributed by atoms with van der Waals surface area (Å²) in [5.41, 5.74) is 0.474. The first-order valence-electron chi connectivity index (χ1n) is 9.66. The molecule has 152 valence electrons. The largest absolute Gasteiger partial charge is 0.489 e. The number of benzene rings is 4. The van der Waals surface area contributed by atoms with Gasteiger partial charge in [0.15, 0.2) is 0 Å². The second kappa shape index (κ2) is 8.73. The van der Waals surface area contributed by atoms with Crippen molar-refractivity contribution in [3.63, 3.8) is 0 Å². The predicted molar refractivity (Wildman–Crippen MR) is 124 cm³/mol. The molecule has 0 atom stereocenters. The van der Waals surface area contributed by atoms with Crippen molar-refractivity contribution in [1.29, 1.82) is 0 Å². The zero-order valence-electron chi connectivity index (χ0n) is 16.3. The summed E-state index contributed by atoms with van der Waals surface area (Å²) in [6.07, 6.45) is 0. The second-order valence-electron chi connectivity index (χ2n) is 6.80. The highest BCUT2D eigenvalue weighted by Gasteiger charge is 2.24. The minimum atomic E-state index is -1.48. The fraction of sp³-hybridized carbons (Fsp3) is 0. The maximum atomic E-state index is 9.31. The molecule has 2 N–H and O–H groups in total. The van der Waals surface area contributed by atoms with Gasteiger partial charge in [-0.1, -0.05) is 72.1 Å². The van der Waals surface area contributed by atoms with E-state index in [1.165, 1.54) is 21.6 Å². The standard InChI is InChI=1S/C12H9BO3S.C12H8OS/c14-13(15)8-4-3-6-10-12(8)17-11-7-2-1-5-9(11)16-10;1-3-7-11-9(5-1)13-10-6-2-4-8-12(10)14-11/h1-7,14-15H;1-8H. The summed E-state index contributed by atoms with van der Waals surface area (Å²) in [5.74, 6) is 3.38. The van der Waals surface area contributed by atoms with E-state index in [0.29, 0.717) is 11.2 Å². The average Bonchev–Trinajstić information content (AvgIpc) is 2.81. The molecule has 0 unspecified atom stereocenters. The molecule has 0 spiro atoms. The second-order valence-corrected chi connectivity index (χ2v) is 8.93. The summed E-state index contributed by atoms with van der Waals surface area (Å²) < 4.78 is 11.5. The van der Waals surface area contributed by atoms with Gasteiger partial charge in [0, 0.05) is 0 Å². The highest BCUT2D eigenvalue weighted by Crippen LogP contribution is 2.47. The van der Waals surface area contributed by atoms with Crippen LogP contribution in [-0.2, 0) is 0 Å². The van der Waals surface area contributed by atoms with E-state index in [1.807, 2.05) is 66.7 Å². The Kier molecular flexibility index (Phi) is 5.65. The Hall–Kier alpha value is -2.84. The number of rotatable bonds is 1. The molecule has 0 bridgehead atoms. The quantitative estimate of drug-likeness (QED) is 0.324. The summed E-state index contributed by atoms with van der Waals surface area (Å²) in [7, 11) is -1.48. The highest BCUT2D eigenvalue weighted by atomic mass is 32.2. The van der Waals surface area contributed by atoms with Gasteiger partial charge in [0.2, 0.25) is 0 Å². The molecule has 2 heterocycles. The predicted octanol–water partition coefficient (Wildman–Crippen LogP) is 5.57. The molecular formula is C24H17BO4S2. The van der Waals surface area contributed by atoms with Crippen molar-refractivity contribution in [3.8, 4) is 23.0 Å². The molecule has 0 radical (unpaired) electrons. The van der Waals surface area contributed by atoms with Crippen LogP contribution in [0.5, 0.6) is 23.0 Å². The smallest absolute Gasteiger partial charge is 0.455 e. The number of hydrogen-bond donors (Lipinski definition) is 2. The molecule has 2 aliphatic rings. The molecule has 2 aliphatic heterocycles. The van der Waals surface area contributed by atoms with Gasteiger partial charge in [0.1, 0.15) is 23.0 Å². The molecule has 4 nitrogen and oxygen atoms in total. The molecule has 0 saturated heterocycles. The van der Waals surface area contributed by atoms with Gasteiger partial charge in [-0.25, -0.2) is 0 Å². The summed E-state index contributed by atoms with van der Waals surface area (Å²) in [5, 5.41) is 18.6. The van der Waals surface area contributed by atoms with E-state index in [2.05, 4.69) is 12.1 Å². The molecule has 0 amide bonds. The van der Waals surface area contributed by atoms with Crippen LogP contribution in [0.25, 0.3) is 0 Å². The minimum Gasteiger partial charge on any atom is -0.455 e. The molecule has 31 heavy (non-hydrogen) atoms. The van der Waals surface area contributed by atoms with Crippen molar-refractivity contribution in [2.45, 2.75) is 19.6 Å². The highest BCUT2D eigenvalue weighted by molar-refractivity contribution is 8.00. The SMILES string of the molecule is OB(O)c1cccc2c1Sc1ccccc1O2.c1ccc2c(c1)Oc1ccccc1S2. The van der Waals surface area contributed by atoms with E-state index >= 15 is 0 Å². The maximum absolute atomic E-state index is 9.31. The van der Waals surface area contributed by atoms with E-state index in [0.717, 1.165) is 27.0 Å². The molecule has 6 rings (SSSR count). The van der Waals surface area contributed by atoms with E-state index in [4.69, 9.17) is 9.47 Å². The Morgan fingerprint density at radius 1 is 0.516 bits per heavy atom. The molecule has 0 saturated carbocycles. The topological polar surface area (TPSA) is 58.9 Å². The lowest BCUT2D eigenvalue weighted by atomic mass is 9.80. The van der Waals surface area contributed by atoms with E-state index in [-0.39, 0.29) is 0 Å². The third-order valence-corrected chi connectivity index (χ3v) is 7.02. The molecular weight excluding hydrogens is 427 g/mol. The van der Waals surface area contributed by atoms with Crippen molar-refractivity contribution in [1.82, 2.24) is 0 Å². The Labute approximate surface area is 189 Å². The first-order chi connectivity index (χ1) is 15.2. The maximum Gasteiger partial charge on any atom is 0.489 e. The summed E-state index contributed by atoms with van der Waals surface area (Å²) in [6, 6.07) is 29.2. The zero-order chi connectivity index (χ0) is 21.2. The van der Waals surface area contributed by atoms with E-state index in [9.17, 15) is 10.0 Å². The van der Waals surface area contributed by atoms with Crippen LogP contribution >= 0.6 is 23.5 Å². The van der Waals surface area contributed by atoms with Crippen molar-refractivity contribution < 1.29 is 19.5 Å². The fourth-order valence-electron chi connectivity index (χ4n) is 3.25. The molecule has 7 heteroatoms. The van der Waals surface area contributed by atoms with Gasteiger partial charge in [-0.3, -0.25) is 0 Å². The van der Waals surface area contributed by atoms with Crippen molar-refractivity contribution in [2.75, 3.05) is 0 Å². The Morgan fingerprint density at radius 2 is 0.968 bits per heavy atom. The van der Waals surface area contributed by atoms with Crippen LogP contribution in [0.2, 0.25) is 0 Å². The summed E-state index contributed by atoms with van der Waals surface area (Å²) >= 11 is 3.25. The zero-order valence-corrected chi connectivity index (χ0v) is 17.9. The van der Waals surface area contributed by atoms with Gasteiger partial charge < -0.3 is 19.5 Å². The van der Waals surface area contributed by atoms with Crippen molar-refractivity contribution >= 4 is 36.1 Å². The van der Waals surface area contributed by atoms with E-state index < -0.39 is 7.12 Å². The van der Waals surface area contributed by atoms with Crippen LogP contribution in [0.4, 0.5) is 0 Å². The molecule has 0 aliphatic carbocycles. The molecule has 0 fully saturated rings. The number of fused-ring (bicyclic) bond motifs is 4. The lowest BCUT2D eigenvalue weighted by Gasteiger charge is -2.21. The van der Waals surface area contributed by atoms with Crippen LogP contribution in [0.15, 0.2) is 111 Å². The van der Waals surface area contributed by atoms with Crippen LogP contribution < -0.4 is 14.9 Å². The van der Waals surface area contributed by atoms with Crippen molar-refractivity contribution in [3.05, 3.63) is 91.0 Å². The van der Waals surface area contributed by atoms with Crippen LogP contribution in [-0.4, -0.2) is 17.2 Å². The Bertz CT molecular complexity index is 1160.